The Morgan fingerprint density at radius 2 is 2.29 bits per heavy atom. The maximum Gasteiger partial charge on any atom is 0.298 e. The van der Waals surface area contributed by atoms with Gasteiger partial charge in [0.05, 0.1) is 36.0 Å². The first kappa shape index (κ1) is 14.9. The molecule has 2 aromatic rings. The van der Waals surface area contributed by atoms with E-state index in [1.807, 2.05) is 6.92 Å². The molecular formula is C13H17N5O3. The predicted octanol–water partition coefficient (Wildman–Crippen LogP) is 1.98. The second-order valence-corrected chi connectivity index (χ2v) is 4.59. The molecule has 21 heavy (non-hydrogen) atoms. The van der Waals surface area contributed by atoms with Crippen LogP contribution >= 0.6 is 0 Å². The molecule has 0 bridgehead atoms. The van der Waals surface area contributed by atoms with Crippen molar-refractivity contribution in [2.24, 2.45) is 5.73 Å². The van der Waals surface area contributed by atoms with Gasteiger partial charge < -0.3 is 10.5 Å². The Kier molecular flexibility index (Phi) is 4.49. The number of benzene rings is 1. The van der Waals surface area contributed by atoms with Crippen LogP contribution in [0.4, 0.5) is 5.69 Å². The highest BCUT2D eigenvalue weighted by Crippen LogP contribution is 2.27. The van der Waals surface area contributed by atoms with Gasteiger partial charge in [-0.3, -0.25) is 10.1 Å². The second-order valence-electron chi connectivity index (χ2n) is 4.59. The summed E-state index contributed by atoms with van der Waals surface area (Å²) in [6.07, 6.45) is 3.33. The normalized spacial score (nSPS) is 12.1. The van der Waals surface area contributed by atoms with E-state index in [9.17, 15) is 10.1 Å². The van der Waals surface area contributed by atoms with Gasteiger partial charge in [0.2, 0.25) is 0 Å². The van der Waals surface area contributed by atoms with Crippen molar-refractivity contribution in [1.29, 1.82) is 0 Å². The van der Waals surface area contributed by atoms with E-state index >= 15 is 0 Å². The van der Waals surface area contributed by atoms with Gasteiger partial charge in [0, 0.05) is 0 Å². The molecule has 0 spiro atoms. The Balaban J connectivity index is 2.40. The number of nitrogens with zero attached hydrogens (tertiary/aromatic N) is 4. The van der Waals surface area contributed by atoms with Crippen LogP contribution in [-0.2, 0) is 0 Å². The van der Waals surface area contributed by atoms with Crippen molar-refractivity contribution >= 4 is 5.69 Å². The van der Waals surface area contributed by atoms with Gasteiger partial charge in [0.15, 0.2) is 0 Å². The molecule has 0 saturated carbocycles. The molecule has 0 radical (unpaired) electrons. The number of rotatable bonds is 6. The maximum absolute atomic E-state index is 11.2. The number of nitrogens with two attached hydrogens (primary N) is 1. The highest BCUT2D eigenvalue weighted by atomic mass is 16.6. The number of nitro benzene ring substituents is 1. The van der Waals surface area contributed by atoms with Gasteiger partial charge in [-0.15, -0.1) is 5.10 Å². The van der Waals surface area contributed by atoms with Crippen molar-refractivity contribution in [3.05, 3.63) is 40.2 Å². The third-order valence-corrected chi connectivity index (χ3v) is 3.12. The van der Waals surface area contributed by atoms with E-state index in [4.69, 9.17) is 10.5 Å². The van der Waals surface area contributed by atoms with Crippen molar-refractivity contribution in [2.75, 3.05) is 7.11 Å². The van der Waals surface area contributed by atoms with E-state index in [2.05, 4.69) is 10.3 Å². The van der Waals surface area contributed by atoms with Crippen molar-refractivity contribution in [1.82, 2.24) is 15.0 Å². The quantitative estimate of drug-likeness (QED) is 0.643. The summed E-state index contributed by atoms with van der Waals surface area (Å²) < 4.78 is 6.37. The van der Waals surface area contributed by atoms with E-state index in [1.165, 1.54) is 17.9 Å². The van der Waals surface area contributed by atoms with Crippen LogP contribution in [0.1, 0.15) is 31.5 Å². The van der Waals surface area contributed by atoms with Crippen LogP contribution in [0.2, 0.25) is 0 Å². The first-order valence-electron chi connectivity index (χ1n) is 6.57. The van der Waals surface area contributed by atoms with Crippen LogP contribution in [0.15, 0.2) is 24.4 Å². The number of hydrogen-bond acceptors (Lipinski definition) is 6. The Labute approximate surface area is 121 Å². The van der Waals surface area contributed by atoms with Crippen molar-refractivity contribution < 1.29 is 9.66 Å². The SMILES string of the molecule is CCCC(N)c1cn(-c2ccc(OC)cc2[N+](=O)[O-])nn1. The number of aromatic nitrogens is 3. The molecule has 2 rings (SSSR count). The lowest BCUT2D eigenvalue weighted by atomic mass is 10.1. The summed E-state index contributed by atoms with van der Waals surface area (Å²) in [4.78, 5) is 10.7. The van der Waals surface area contributed by atoms with Gasteiger partial charge in [-0.1, -0.05) is 18.6 Å². The lowest BCUT2D eigenvalue weighted by Crippen LogP contribution is -2.10. The topological polar surface area (TPSA) is 109 Å². The minimum atomic E-state index is -0.481. The number of ether oxygens (including phenoxy) is 1. The smallest absolute Gasteiger partial charge is 0.298 e. The van der Waals surface area contributed by atoms with Crippen LogP contribution in [-0.4, -0.2) is 27.0 Å². The largest absolute Gasteiger partial charge is 0.496 e. The molecule has 8 heteroatoms. The molecule has 0 aliphatic carbocycles. The zero-order chi connectivity index (χ0) is 15.4. The molecule has 1 atom stereocenters. The molecule has 0 saturated heterocycles. The molecule has 0 amide bonds. The molecule has 1 heterocycles. The minimum absolute atomic E-state index is 0.102. The molecule has 0 aliphatic heterocycles. The van der Waals surface area contributed by atoms with Crippen LogP contribution in [0.5, 0.6) is 5.75 Å². The molecule has 1 unspecified atom stereocenters. The molecule has 8 nitrogen and oxygen atoms in total. The van der Waals surface area contributed by atoms with E-state index in [0.29, 0.717) is 17.1 Å². The summed E-state index contributed by atoms with van der Waals surface area (Å²) in [6.45, 7) is 2.03. The zero-order valence-electron chi connectivity index (χ0n) is 11.9. The lowest BCUT2D eigenvalue weighted by molar-refractivity contribution is -0.384. The molecular weight excluding hydrogens is 274 g/mol. The molecule has 1 aromatic carbocycles. The third-order valence-electron chi connectivity index (χ3n) is 3.12. The van der Waals surface area contributed by atoms with E-state index in [0.717, 1.165) is 12.8 Å². The van der Waals surface area contributed by atoms with E-state index < -0.39 is 4.92 Å². The van der Waals surface area contributed by atoms with Gasteiger partial charge in [-0.05, 0) is 18.6 Å². The van der Waals surface area contributed by atoms with E-state index in [-0.39, 0.29) is 11.7 Å². The summed E-state index contributed by atoms with van der Waals surface area (Å²) in [6, 6.07) is 4.33. The molecule has 0 aliphatic rings. The average Bonchev–Trinajstić information content (AvgIpc) is 2.96. The molecule has 1 aromatic heterocycles. The third kappa shape index (κ3) is 3.16. The van der Waals surface area contributed by atoms with Crippen molar-refractivity contribution in [3.63, 3.8) is 0 Å². The van der Waals surface area contributed by atoms with Crippen LogP contribution in [0.25, 0.3) is 5.69 Å². The maximum atomic E-state index is 11.2. The zero-order valence-corrected chi connectivity index (χ0v) is 11.9. The van der Waals surface area contributed by atoms with Gasteiger partial charge in [-0.25, -0.2) is 4.68 Å². The lowest BCUT2D eigenvalue weighted by Gasteiger charge is -2.05. The fourth-order valence-electron chi connectivity index (χ4n) is 1.99. The predicted molar refractivity (Wildman–Crippen MR) is 76.4 cm³/mol. The number of methoxy groups -OCH3 is 1. The summed E-state index contributed by atoms with van der Waals surface area (Å²) in [5.74, 6) is 0.411. The Hall–Kier alpha value is -2.48. The monoisotopic (exact) mass is 291 g/mol. The number of nitro groups is 1. The van der Waals surface area contributed by atoms with Gasteiger partial charge in [0.1, 0.15) is 11.4 Å². The van der Waals surface area contributed by atoms with Crippen molar-refractivity contribution in [3.8, 4) is 11.4 Å². The van der Waals surface area contributed by atoms with Gasteiger partial charge in [-0.2, -0.15) is 0 Å². The van der Waals surface area contributed by atoms with Crippen LogP contribution in [0.3, 0.4) is 0 Å². The molecule has 2 N–H and O–H groups in total. The summed E-state index contributed by atoms with van der Waals surface area (Å²) in [5, 5.41) is 19.1. The Morgan fingerprint density at radius 1 is 1.52 bits per heavy atom. The molecule has 0 fully saturated rings. The number of hydrogen-bond donors (Lipinski definition) is 1. The Morgan fingerprint density at radius 3 is 2.90 bits per heavy atom. The van der Waals surface area contributed by atoms with Gasteiger partial charge >= 0.3 is 0 Å². The fourth-order valence-corrected chi connectivity index (χ4v) is 1.99. The highest BCUT2D eigenvalue weighted by Gasteiger charge is 2.19. The molecule has 112 valence electrons. The van der Waals surface area contributed by atoms with Gasteiger partial charge in [0.25, 0.3) is 5.69 Å². The Bertz CT molecular complexity index is 640. The summed E-state index contributed by atoms with van der Waals surface area (Å²) in [7, 11) is 1.45. The minimum Gasteiger partial charge on any atom is -0.496 e. The standard InChI is InChI=1S/C13H17N5O3/c1-3-4-10(14)11-8-17(16-15-11)12-6-5-9(21-2)7-13(12)18(19)20/h5-8,10H,3-4,14H2,1-2H3. The summed E-state index contributed by atoms with van der Waals surface area (Å²) >= 11 is 0. The summed E-state index contributed by atoms with van der Waals surface area (Å²) in [5.41, 5.74) is 6.80. The first-order valence-corrected chi connectivity index (χ1v) is 6.57. The first-order chi connectivity index (χ1) is 10.1. The van der Waals surface area contributed by atoms with Crippen molar-refractivity contribution in [2.45, 2.75) is 25.8 Å². The average molecular weight is 291 g/mol. The highest BCUT2D eigenvalue weighted by molar-refractivity contribution is 5.55. The van der Waals surface area contributed by atoms with Crippen LogP contribution < -0.4 is 10.5 Å². The fraction of sp³-hybridized carbons (Fsp3) is 0.385. The second kappa shape index (κ2) is 6.31. The van der Waals surface area contributed by atoms with E-state index in [1.54, 1.807) is 18.3 Å². The van der Waals surface area contributed by atoms with Crippen LogP contribution in [0, 0.1) is 10.1 Å².